The van der Waals surface area contributed by atoms with Crippen LogP contribution in [0.4, 0.5) is 5.95 Å². The number of nitrogens with one attached hydrogen (secondary N) is 1. The highest BCUT2D eigenvalue weighted by Crippen LogP contribution is 2.39. The SMILES string of the molecule is CC1CC1.Oc1cc(Cl)cc(C#Cc2nc(OCC34CCCN3CCC4)nc(N3CCNCC3)n2)c1. The maximum Gasteiger partial charge on any atom is 0.322 e. The van der Waals surface area contributed by atoms with Crippen molar-refractivity contribution in [3.63, 3.8) is 0 Å². The van der Waals surface area contributed by atoms with Gasteiger partial charge in [0.05, 0.1) is 5.54 Å². The minimum atomic E-state index is 0.0694. The van der Waals surface area contributed by atoms with Crippen LogP contribution in [0.15, 0.2) is 18.2 Å². The van der Waals surface area contributed by atoms with Crippen LogP contribution in [0.3, 0.4) is 0 Å². The summed E-state index contributed by atoms with van der Waals surface area (Å²) >= 11 is 6.03. The van der Waals surface area contributed by atoms with E-state index in [1.54, 1.807) is 12.1 Å². The Morgan fingerprint density at radius 1 is 1.06 bits per heavy atom. The summed E-state index contributed by atoms with van der Waals surface area (Å²) in [6, 6.07) is 5.04. The van der Waals surface area contributed by atoms with E-state index in [-0.39, 0.29) is 11.3 Å². The fourth-order valence-electron chi connectivity index (χ4n) is 5.07. The number of hydrogen-bond acceptors (Lipinski definition) is 8. The zero-order valence-electron chi connectivity index (χ0n) is 21.0. The Bertz CT molecular complexity index is 1090. The molecule has 9 heteroatoms. The summed E-state index contributed by atoms with van der Waals surface area (Å²) in [5.74, 6) is 8.06. The van der Waals surface area contributed by atoms with Gasteiger partial charge in [-0.05, 0) is 68.8 Å². The Balaban J connectivity index is 0.000000608. The van der Waals surface area contributed by atoms with E-state index in [1.165, 1.54) is 31.7 Å². The first kappa shape index (κ1) is 25.1. The highest BCUT2D eigenvalue weighted by molar-refractivity contribution is 6.30. The lowest BCUT2D eigenvalue weighted by molar-refractivity contribution is 0.107. The quantitative estimate of drug-likeness (QED) is 0.605. The molecule has 0 unspecified atom stereocenters. The van der Waals surface area contributed by atoms with Crippen LogP contribution in [-0.2, 0) is 0 Å². The van der Waals surface area contributed by atoms with Crippen LogP contribution in [0.5, 0.6) is 11.8 Å². The Morgan fingerprint density at radius 3 is 2.44 bits per heavy atom. The number of anilines is 1. The number of aromatic hydroxyl groups is 1. The second-order valence-corrected chi connectivity index (χ2v) is 10.8. The monoisotopic (exact) mass is 510 g/mol. The van der Waals surface area contributed by atoms with Crippen molar-refractivity contribution in [2.24, 2.45) is 5.92 Å². The van der Waals surface area contributed by atoms with E-state index in [9.17, 15) is 5.11 Å². The van der Waals surface area contributed by atoms with Gasteiger partial charge in [-0.2, -0.15) is 15.0 Å². The predicted molar refractivity (Wildman–Crippen MR) is 141 cm³/mol. The number of aromatic nitrogens is 3. The molecule has 2 N–H and O–H groups in total. The van der Waals surface area contributed by atoms with Crippen LogP contribution in [0.25, 0.3) is 0 Å². The molecule has 0 atom stereocenters. The lowest BCUT2D eigenvalue weighted by Crippen LogP contribution is -2.45. The molecule has 2 aromatic rings. The van der Waals surface area contributed by atoms with Gasteiger partial charge in [-0.25, -0.2) is 0 Å². The Morgan fingerprint density at radius 2 is 1.78 bits per heavy atom. The molecule has 4 aliphatic rings. The van der Waals surface area contributed by atoms with Crippen LogP contribution < -0.4 is 15.0 Å². The highest BCUT2D eigenvalue weighted by Gasteiger charge is 2.45. The molecule has 8 nitrogen and oxygen atoms in total. The van der Waals surface area contributed by atoms with E-state index >= 15 is 0 Å². The number of phenols is 1. The van der Waals surface area contributed by atoms with E-state index in [2.05, 4.69) is 48.8 Å². The fourth-order valence-corrected chi connectivity index (χ4v) is 5.30. The van der Waals surface area contributed by atoms with E-state index in [0.29, 0.717) is 35.0 Å². The zero-order valence-corrected chi connectivity index (χ0v) is 21.7. The summed E-state index contributed by atoms with van der Waals surface area (Å²) in [4.78, 5) is 18.4. The molecule has 36 heavy (non-hydrogen) atoms. The molecule has 0 radical (unpaired) electrons. The lowest BCUT2D eigenvalue weighted by Gasteiger charge is -2.31. The summed E-state index contributed by atoms with van der Waals surface area (Å²) in [6.07, 6.45) is 7.73. The van der Waals surface area contributed by atoms with Crippen molar-refractivity contribution in [2.75, 3.05) is 50.8 Å². The van der Waals surface area contributed by atoms with E-state index in [1.807, 2.05) is 0 Å². The van der Waals surface area contributed by atoms with Crippen LogP contribution >= 0.6 is 11.6 Å². The molecular formula is C27H35ClN6O2. The van der Waals surface area contributed by atoms with Gasteiger partial charge in [0, 0.05) is 36.8 Å². The molecule has 0 bridgehead atoms. The van der Waals surface area contributed by atoms with Gasteiger partial charge in [0.15, 0.2) is 0 Å². The summed E-state index contributed by atoms with van der Waals surface area (Å²) in [6.45, 7) is 8.55. The van der Waals surface area contributed by atoms with Gasteiger partial charge in [0.2, 0.25) is 11.8 Å². The summed E-state index contributed by atoms with van der Waals surface area (Å²) in [7, 11) is 0. The number of ether oxygens (including phenoxy) is 1. The summed E-state index contributed by atoms with van der Waals surface area (Å²) in [5.41, 5.74) is 0.708. The van der Waals surface area contributed by atoms with E-state index < -0.39 is 0 Å². The highest BCUT2D eigenvalue weighted by atomic mass is 35.5. The maximum atomic E-state index is 9.77. The third kappa shape index (κ3) is 6.39. The van der Waals surface area contributed by atoms with Crippen LogP contribution in [0.2, 0.25) is 5.02 Å². The Kier molecular flexibility index (Phi) is 7.80. The predicted octanol–water partition coefficient (Wildman–Crippen LogP) is 3.46. The summed E-state index contributed by atoms with van der Waals surface area (Å²) < 4.78 is 6.18. The van der Waals surface area contributed by atoms with Crippen molar-refractivity contribution in [3.05, 3.63) is 34.6 Å². The van der Waals surface area contributed by atoms with Crippen molar-refractivity contribution >= 4 is 17.5 Å². The second kappa shape index (κ2) is 11.2. The molecule has 3 aliphatic heterocycles. The second-order valence-electron chi connectivity index (χ2n) is 10.3. The largest absolute Gasteiger partial charge is 0.508 e. The van der Waals surface area contributed by atoms with E-state index in [4.69, 9.17) is 16.3 Å². The third-order valence-electron chi connectivity index (χ3n) is 7.35. The van der Waals surface area contributed by atoms with Crippen LogP contribution in [0, 0.1) is 17.8 Å². The van der Waals surface area contributed by atoms with Gasteiger partial charge in [-0.15, -0.1) is 0 Å². The van der Waals surface area contributed by atoms with Gasteiger partial charge in [-0.3, -0.25) is 4.90 Å². The first-order chi connectivity index (χ1) is 17.5. The van der Waals surface area contributed by atoms with Crippen molar-refractivity contribution in [3.8, 4) is 23.6 Å². The van der Waals surface area contributed by atoms with Crippen LogP contribution in [0.1, 0.15) is 56.8 Å². The molecular weight excluding hydrogens is 476 g/mol. The molecule has 0 spiro atoms. The average Bonchev–Trinajstić information content (AvgIpc) is 3.39. The van der Waals surface area contributed by atoms with Gasteiger partial charge in [0.1, 0.15) is 12.4 Å². The molecule has 4 fully saturated rings. The number of fused-ring (bicyclic) bond motifs is 1. The maximum absolute atomic E-state index is 9.77. The van der Waals surface area contributed by atoms with Gasteiger partial charge < -0.3 is 20.1 Å². The normalized spacial score (nSPS) is 20.7. The fraction of sp³-hybridized carbons (Fsp3) is 0.593. The molecule has 3 saturated heterocycles. The smallest absolute Gasteiger partial charge is 0.322 e. The third-order valence-corrected chi connectivity index (χ3v) is 7.57. The molecule has 0 amide bonds. The van der Waals surface area contributed by atoms with Crippen molar-refractivity contribution in [1.29, 1.82) is 0 Å². The molecule has 192 valence electrons. The minimum absolute atomic E-state index is 0.0694. The molecule has 1 aliphatic carbocycles. The standard InChI is InChI=1S/C23H27ClN6O2.C4H8/c24-18-13-17(14-19(31)15-18)3-4-20-26-21(29-11-7-25-8-12-29)28-22(27-20)32-16-23-5-1-9-30(23)10-2-6-23;1-4-2-3-4/h13-15,25,31H,1-2,5-12,16H2;4H,2-3H2,1H3. The van der Waals surface area contributed by atoms with Crippen LogP contribution in [-0.4, -0.2) is 76.4 Å². The number of benzene rings is 1. The van der Waals surface area contributed by atoms with Crippen molar-refractivity contribution in [1.82, 2.24) is 25.2 Å². The number of nitrogens with zero attached hydrogens (tertiary/aromatic N) is 5. The Hall–Kier alpha value is -2.60. The number of halogens is 1. The van der Waals surface area contributed by atoms with E-state index in [0.717, 1.165) is 58.0 Å². The topological polar surface area (TPSA) is 86.6 Å². The number of phenolic OH excluding ortho intramolecular Hbond substituents is 1. The average molecular weight is 511 g/mol. The first-order valence-electron chi connectivity index (χ1n) is 13.1. The molecule has 1 aromatic heterocycles. The Labute approximate surface area is 218 Å². The molecule has 1 aromatic carbocycles. The molecule has 4 heterocycles. The zero-order chi connectivity index (χ0) is 25.0. The summed E-state index contributed by atoms with van der Waals surface area (Å²) in [5, 5.41) is 13.5. The molecule has 6 rings (SSSR count). The van der Waals surface area contributed by atoms with Crippen molar-refractivity contribution < 1.29 is 9.84 Å². The number of rotatable bonds is 4. The minimum Gasteiger partial charge on any atom is -0.508 e. The van der Waals surface area contributed by atoms with Gasteiger partial charge in [-0.1, -0.05) is 37.3 Å². The lowest BCUT2D eigenvalue weighted by atomic mass is 9.95. The van der Waals surface area contributed by atoms with Gasteiger partial charge in [0.25, 0.3) is 0 Å². The molecule has 1 saturated carbocycles. The van der Waals surface area contributed by atoms with Crippen molar-refractivity contribution in [2.45, 2.75) is 51.0 Å². The number of hydrogen-bond donors (Lipinski definition) is 2. The number of piperazine rings is 1. The first-order valence-corrected chi connectivity index (χ1v) is 13.5. The van der Waals surface area contributed by atoms with Gasteiger partial charge >= 0.3 is 6.01 Å².